The van der Waals surface area contributed by atoms with E-state index in [-0.39, 0.29) is 0 Å². The fourth-order valence-electron chi connectivity index (χ4n) is 3.26. The second kappa shape index (κ2) is 22.0. The van der Waals surface area contributed by atoms with E-state index in [1.165, 1.54) is 103 Å². The summed E-state index contributed by atoms with van der Waals surface area (Å²) in [5.41, 5.74) is 0. The summed E-state index contributed by atoms with van der Waals surface area (Å²) in [5, 5.41) is 3.60. The minimum absolute atomic E-state index is 0.499. The molecule has 2 heteroatoms. The summed E-state index contributed by atoms with van der Waals surface area (Å²) in [7, 11) is 0. The first-order valence-corrected chi connectivity index (χ1v) is 11.6. The van der Waals surface area contributed by atoms with E-state index in [0.717, 1.165) is 19.8 Å². The van der Waals surface area contributed by atoms with E-state index in [9.17, 15) is 0 Å². The van der Waals surface area contributed by atoms with E-state index in [4.69, 9.17) is 4.74 Å². The number of unbranched alkanes of at least 4 members (excludes halogenated alkanes) is 14. The molecule has 0 radical (unpaired) electrons. The molecule has 0 rings (SSSR count). The van der Waals surface area contributed by atoms with Gasteiger partial charge in [-0.2, -0.15) is 0 Å². The fraction of sp³-hybridized carbons (Fsp3) is 1.00. The van der Waals surface area contributed by atoms with Crippen LogP contribution in [0.15, 0.2) is 0 Å². The van der Waals surface area contributed by atoms with E-state index >= 15 is 0 Å². The van der Waals surface area contributed by atoms with Crippen molar-refractivity contribution >= 4 is 0 Å². The molecule has 1 unspecified atom stereocenters. The first-order valence-electron chi connectivity index (χ1n) is 11.6. The number of hydrogen-bond acceptors (Lipinski definition) is 2. The number of nitrogens with one attached hydrogen (secondary N) is 1. The zero-order valence-corrected chi connectivity index (χ0v) is 17.9. The maximum absolute atomic E-state index is 5.81. The van der Waals surface area contributed by atoms with Crippen LogP contribution in [0.3, 0.4) is 0 Å². The van der Waals surface area contributed by atoms with Crippen molar-refractivity contribution in [1.29, 1.82) is 0 Å². The molecule has 1 atom stereocenters. The second-order valence-corrected chi connectivity index (χ2v) is 7.88. The topological polar surface area (TPSA) is 21.3 Å². The quantitative estimate of drug-likeness (QED) is 0.219. The Balaban J connectivity index is 3.12. The molecule has 0 amide bonds. The minimum Gasteiger partial charge on any atom is -0.380 e. The highest BCUT2D eigenvalue weighted by Crippen LogP contribution is 2.09. The molecular weight excluding hydrogens is 306 g/mol. The zero-order valence-electron chi connectivity index (χ0n) is 17.9. The van der Waals surface area contributed by atoms with Crippen LogP contribution in [-0.2, 0) is 4.74 Å². The zero-order chi connectivity index (χ0) is 18.4. The molecular formula is C23H49NO. The number of rotatable bonds is 21. The number of hydrogen-bond donors (Lipinski definition) is 1. The van der Waals surface area contributed by atoms with E-state index in [1.807, 2.05) is 0 Å². The molecule has 0 aromatic rings. The molecule has 0 bridgehead atoms. The van der Waals surface area contributed by atoms with Crippen molar-refractivity contribution in [3.05, 3.63) is 0 Å². The van der Waals surface area contributed by atoms with Gasteiger partial charge in [0.2, 0.25) is 0 Å². The highest BCUT2D eigenvalue weighted by atomic mass is 16.5. The van der Waals surface area contributed by atoms with Crippen LogP contribution >= 0.6 is 0 Å². The molecule has 0 aromatic heterocycles. The Morgan fingerprint density at radius 2 is 1.04 bits per heavy atom. The second-order valence-electron chi connectivity index (χ2n) is 7.88. The lowest BCUT2D eigenvalue weighted by Gasteiger charge is -2.14. The van der Waals surface area contributed by atoms with Crippen molar-refractivity contribution in [2.75, 3.05) is 19.8 Å². The highest BCUT2D eigenvalue weighted by molar-refractivity contribution is 4.59. The van der Waals surface area contributed by atoms with E-state index < -0.39 is 0 Å². The van der Waals surface area contributed by atoms with Crippen molar-refractivity contribution in [3.63, 3.8) is 0 Å². The third kappa shape index (κ3) is 21.9. The van der Waals surface area contributed by atoms with Crippen LogP contribution in [0.25, 0.3) is 0 Å². The summed E-state index contributed by atoms with van der Waals surface area (Å²) in [6.45, 7) is 9.77. The lowest BCUT2D eigenvalue weighted by molar-refractivity contribution is 0.112. The maximum Gasteiger partial charge on any atom is 0.0616 e. The molecule has 0 saturated carbocycles. The summed E-state index contributed by atoms with van der Waals surface area (Å²) in [4.78, 5) is 0. The fourth-order valence-corrected chi connectivity index (χ4v) is 3.26. The lowest BCUT2D eigenvalue weighted by atomic mass is 10.1. The summed E-state index contributed by atoms with van der Waals surface area (Å²) in [5.74, 6) is 0. The number of ether oxygens (including phenoxy) is 1. The van der Waals surface area contributed by atoms with Crippen molar-refractivity contribution in [3.8, 4) is 0 Å². The van der Waals surface area contributed by atoms with E-state index in [0.29, 0.717) is 6.04 Å². The van der Waals surface area contributed by atoms with Gasteiger partial charge in [-0.25, -0.2) is 0 Å². The van der Waals surface area contributed by atoms with Gasteiger partial charge in [0, 0.05) is 12.6 Å². The van der Waals surface area contributed by atoms with Gasteiger partial charge >= 0.3 is 0 Å². The van der Waals surface area contributed by atoms with Gasteiger partial charge in [0.1, 0.15) is 0 Å². The Morgan fingerprint density at radius 3 is 1.56 bits per heavy atom. The minimum atomic E-state index is 0.499. The predicted molar refractivity (Wildman–Crippen MR) is 114 cm³/mol. The van der Waals surface area contributed by atoms with Gasteiger partial charge in [0.25, 0.3) is 0 Å². The van der Waals surface area contributed by atoms with Crippen LogP contribution < -0.4 is 5.32 Å². The summed E-state index contributed by atoms with van der Waals surface area (Å²) in [6.07, 6.45) is 22.1. The molecule has 0 heterocycles. The van der Waals surface area contributed by atoms with Crippen LogP contribution in [-0.4, -0.2) is 25.8 Å². The Kier molecular flexibility index (Phi) is 21.9. The predicted octanol–water partition coefficient (Wildman–Crippen LogP) is 7.26. The van der Waals surface area contributed by atoms with Gasteiger partial charge < -0.3 is 10.1 Å². The highest BCUT2D eigenvalue weighted by Gasteiger charge is 2.01. The summed E-state index contributed by atoms with van der Waals surface area (Å²) in [6, 6.07) is 0.499. The van der Waals surface area contributed by atoms with Crippen molar-refractivity contribution < 1.29 is 4.74 Å². The van der Waals surface area contributed by atoms with Gasteiger partial charge in [-0.05, 0) is 26.3 Å². The van der Waals surface area contributed by atoms with Crippen LogP contribution in [0.4, 0.5) is 0 Å². The maximum atomic E-state index is 5.81. The van der Waals surface area contributed by atoms with Crippen LogP contribution in [0.1, 0.15) is 124 Å². The smallest absolute Gasteiger partial charge is 0.0616 e. The van der Waals surface area contributed by atoms with Crippen molar-refractivity contribution in [1.82, 2.24) is 5.32 Å². The van der Waals surface area contributed by atoms with E-state index in [1.54, 1.807) is 0 Å². The molecule has 1 N–H and O–H groups in total. The first-order chi connectivity index (χ1) is 12.3. The van der Waals surface area contributed by atoms with Crippen LogP contribution in [0.2, 0.25) is 0 Å². The molecule has 152 valence electrons. The van der Waals surface area contributed by atoms with Crippen molar-refractivity contribution in [2.45, 2.75) is 130 Å². The molecule has 2 nitrogen and oxygen atoms in total. The largest absolute Gasteiger partial charge is 0.380 e. The monoisotopic (exact) mass is 355 g/mol. The molecule has 0 aliphatic carbocycles. The average molecular weight is 356 g/mol. The first kappa shape index (κ1) is 24.9. The SMILES string of the molecule is CCCCCCCCCCNC(C)COCCCCCCCCCC. The Hall–Kier alpha value is -0.0800. The molecule has 0 fully saturated rings. The van der Waals surface area contributed by atoms with Crippen LogP contribution in [0.5, 0.6) is 0 Å². The van der Waals surface area contributed by atoms with Crippen LogP contribution in [0, 0.1) is 0 Å². The standard InChI is InChI=1S/C23H49NO/c1-4-6-8-10-12-14-16-18-20-24-23(3)22-25-21-19-17-15-13-11-9-7-5-2/h23-24H,4-22H2,1-3H3. The Labute approximate surface area is 159 Å². The lowest BCUT2D eigenvalue weighted by Crippen LogP contribution is -2.31. The Morgan fingerprint density at radius 1 is 0.600 bits per heavy atom. The summed E-state index contributed by atoms with van der Waals surface area (Å²) < 4.78 is 5.81. The molecule has 0 saturated heterocycles. The molecule has 0 aromatic carbocycles. The van der Waals surface area contributed by atoms with E-state index in [2.05, 4.69) is 26.1 Å². The van der Waals surface area contributed by atoms with Gasteiger partial charge in [-0.3, -0.25) is 0 Å². The molecule has 0 aliphatic rings. The van der Waals surface area contributed by atoms with Gasteiger partial charge in [-0.15, -0.1) is 0 Å². The normalized spacial score (nSPS) is 12.6. The van der Waals surface area contributed by atoms with Gasteiger partial charge in [0.15, 0.2) is 0 Å². The van der Waals surface area contributed by atoms with Gasteiger partial charge in [0.05, 0.1) is 6.61 Å². The Bertz CT molecular complexity index is 232. The van der Waals surface area contributed by atoms with Gasteiger partial charge in [-0.1, -0.05) is 104 Å². The molecule has 0 aliphatic heterocycles. The third-order valence-corrected chi connectivity index (χ3v) is 5.03. The third-order valence-electron chi connectivity index (χ3n) is 5.03. The molecule has 0 spiro atoms. The summed E-state index contributed by atoms with van der Waals surface area (Å²) >= 11 is 0. The van der Waals surface area contributed by atoms with Crippen molar-refractivity contribution in [2.24, 2.45) is 0 Å². The molecule has 25 heavy (non-hydrogen) atoms. The average Bonchev–Trinajstić information content (AvgIpc) is 2.62.